The number of hydrogen-bond acceptors (Lipinski definition) is 5. The fourth-order valence-electron chi connectivity index (χ4n) is 3.00. The topological polar surface area (TPSA) is 73.1 Å². The molecule has 1 amide bonds. The minimum absolute atomic E-state index is 0.201. The number of ether oxygens (including phenoxy) is 2. The number of carbonyl (C=O) groups is 1. The van der Waals surface area contributed by atoms with Crippen molar-refractivity contribution in [1.29, 1.82) is 0 Å². The van der Waals surface area contributed by atoms with Crippen molar-refractivity contribution < 1.29 is 18.7 Å². The van der Waals surface area contributed by atoms with Crippen LogP contribution in [-0.4, -0.2) is 19.2 Å². The van der Waals surface area contributed by atoms with E-state index in [1.165, 1.54) is 0 Å². The molecule has 4 aromatic rings. The van der Waals surface area contributed by atoms with Crippen LogP contribution in [0.2, 0.25) is 0 Å². The Morgan fingerprint density at radius 2 is 1.94 bits per heavy atom. The summed E-state index contributed by atoms with van der Waals surface area (Å²) in [6, 6.07) is 20.8. The highest BCUT2D eigenvalue weighted by Gasteiger charge is 2.13. The van der Waals surface area contributed by atoms with Crippen molar-refractivity contribution in [3.8, 4) is 11.5 Å². The highest BCUT2D eigenvalue weighted by Crippen LogP contribution is 2.34. The lowest BCUT2D eigenvalue weighted by atomic mass is 10.2. The van der Waals surface area contributed by atoms with Gasteiger partial charge in [0.15, 0.2) is 17.3 Å². The van der Waals surface area contributed by atoms with E-state index in [0.717, 1.165) is 24.6 Å². The second-order valence-corrected chi connectivity index (χ2v) is 8.87. The van der Waals surface area contributed by atoms with Crippen LogP contribution in [0.15, 0.2) is 80.7 Å². The summed E-state index contributed by atoms with van der Waals surface area (Å²) in [5.74, 6) is 1.01. The Morgan fingerprint density at radius 1 is 1.16 bits per heavy atom. The van der Waals surface area contributed by atoms with Crippen molar-refractivity contribution in [2.45, 2.75) is 6.61 Å². The molecule has 0 aliphatic carbocycles. The maximum atomic E-state index is 12.3. The van der Waals surface area contributed by atoms with Crippen LogP contribution in [0.5, 0.6) is 11.5 Å². The first-order chi connectivity index (χ1) is 15.5. The van der Waals surface area contributed by atoms with Crippen LogP contribution in [0, 0.1) is 3.57 Å². The van der Waals surface area contributed by atoms with Crippen LogP contribution in [0.4, 0.5) is 0 Å². The van der Waals surface area contributed by atoms with E-state index in [1.54, 1.807) is 25.5 Å². The van der Waals surface area contributed by atoms with Crippen LogP contribution in [-0.2, 0) is 6.61 Å². The molecule has 0 saturated carbocycles. The highest BCUT2D eigenvalue weighted by atomic mass is 127. The Hall–Kier alpha value is -2.85. The summed E-state index contributed by atoms with van der Waals surface area (Å²) >= 11 is 5.62. The van der Waals surface area contributed by atoms with Crippen molar-refractivity contribution in [1.82, 2.24) is 5.43 Å². The molecule has 0 bridgehead atoms. The van der Waals surface area contributed by atoms with Gasteiger partial charge in [-0.15, -0.1) is 0 Å². The minimum atomic E-state index is -0.423. The maximum absolute atomic E-state index is 12.3. The number of hydrogen-bond donors (Lipinski definition) is 1. The van der Waals surface area contributed by atoms with Gasteiger partial charge in [0.25, 0.3) is 0 Å². The van der Waals surface area contributed by atoms with Gasteiger partial charge in [0.2, 0.25) is 0 Å². The third-order valence-electron chi connectivity index (χ3n) is 4.58. The minimum Gasteiger partial charge on any atom is -0.493 e. The van der Waals surface area contributed by atoms with E-state index in [-0.39, 0.29) is 5.76 Å². The zero-order valence-corrected chi connectivity index (χ0v) is 20.7. The smallest absolute Gasteiger partial charge is 0.307 e. The van der Waals surface area contributed by atoms with Crippen LogP contribution in [0.3, 0.4) is 0 Å². The lowest BCUT2D eigenvalue weighted by Crippen LogP contribution is -2.16. The molecule has 162 valence electrons. The van der Waals surface area contributed by atoms with E-state index in [1.807, 2.05) is 54.6 Å². The van der Waals surface area contributed by atoms with Crippen LogP contribution < -0.4 is 14.9 Å². The molecule has 1 heterocycles. The molecular formula is C24H18BrIN2O4. The van der Waals surface area contributed by atoms with E-state index >= 15 is 0 Å². The molecule has 32 heavy (non-hydrogen) atoms. The highest BCUT2D eigenvalue weighted by molar-refractivity contribution is 14.1. The van der Waals surface area contributed by atoms with E-state index in [4.69, 9.17) is 13.9 Å². The summed E-state index contributed by atoms with van der Waals surface area (Å²) in [5, 5.41) is 4.91. The van der Waals surface area contributed by atoms with Gasteiger partial charge in [-0.05, 0) is 70.1 Å². The molecule has 6 nitrogen and oxygen atoms in total. The number of para-hydroxylation sites is 1. The molecule has 0 atom stereocenters. The fraction of sp³-hybridized carbons (Fsp3) is 0.0833. The van der Waals surface area contributed by atoms with Gasteiger partial charge in [0.1, 0.15) is 12.2 Å². The Bertz CT molecular complexity index is 1250. The number of nitrogens with zero attached hydrogens (tertiary/aromatic N) is 1. The quantitative estimate of drug-likeness (QED) is 0.156. The van der Waals surface area contributed by atoms with Crippen LogP contribution in [0.25, 0.3) is 11.0 Å². The Kier molecular flexibility index (Phi) is 7.11. The van der Waals surface area contributed by atoms with E-state index in [0.29, 0.717) is 23.7 Å². The van der Waals surface area contributed by atoms with Crippen molar-refractivity contribution in [3.05, 3.63) is 91.7 Å². The molecule has 0 spiro atoms. The van der Waals surface area contributed by atoms with E-state index in [2.05, 4.69) is 49.0 Å². The number of carbonyl (C=O) groups excluding carboxylic acids is 1. The number of furan rings is 1. The van der Waals surface area contributed by atoms with Gasteiger partial charge in [0.05, 0.1) is 16.9 Å². The normalized spacial score (nSPS) is 11.1. The van der Waals surface area contributed by atoms with Gasteiger partial charge < -0.3 is 13.9 Å². The number of nitrogens with one attached hydrogen (secondary N) is 1. The summed E-state index contributed by atoms with van der Waals surface area (Å²) in [6.45, 7) is 0.417. The first-order valence-corrected chi connectivity index (χ1v) is 11.5. The van der Waals surface area contributed by atoms with Gasteiger partial charge in [-0.1, -0.05) is 46.3 Å². The van der Waals surface area contributed by atoms with Crippen molar-refractivity contribution in [2.24, 2.45) is 5.10 Å². The molecule has 0 fully saturated rings. The monoisotopic (exact) mass is 604 g/mol. The van der Waals surface area contributed by atoms with E-state index in [9.17, 15) is 4.79 Å². The molecule has 0 saturated heterocycles. The molecule has 4 rings (SSSR count). The Labute approximate surface area is 206 Å². The lowest BCUT2D eigenvalue weighted by Gasteiger charge is -2.13. The first kappa shape index (κ1) is 22.3. The largest absolute Gasteiger partial charge is 0.493 e. The zero-order valence-electron chi connectivity index (χ0n) is 17.0. The van der Waals surface area contributed by atoms with Gasteiger partial charge in [0, 0.05) is 9.86 Å². The average molecular weight is 605 g/mol. The summed E-state index contributed by atoms with van der Waals surface area (Å²) in [5.41, 5.74) is 4.94. The van der Waals surface area contributed by atoms with Gasteiger partial charge in [-0.25, -0.2) is 5.43 Å². The van der Waals surface area contributed by atoms with Crippen molar-refractivity contribution >= 4 is 61.6 Å². The van der Waals surface area contributed by atoms with Crippen molar-refractivity contribution in [3.63, 3.8) is 0 Å². The third kappa shape index (κ3) is 5.31. The standard InChI is InChI=1S/C24H18BrIN2O4/c1-30-21-11-16(10-19(26)23(21)31-14-15-6-8-18(25)9-7-15)13-27-28-24(29)22-12-17-4-2-3-5-20(17)32-22/h2-13H,14H2,1H3,(H,28,29)/b27-13+. The molecule has 0 unspecified atom stereocenters. The molecule has 1 aromatic heterocycles. The Morgan fingerprint density at radius 3 is 2.69 bits per heavy atom. The SMILES string of the molecule is COc1cc(/C=N/NC(=O)c2cc3ccccc3o2)cc(I)c1OCc1ccc(Br)cc1. The van der Waals surface area contributed by atoms with Gasteiger partial charge in [-0.2, -0.15) is 5.10 Å². The predicted octanol–water partition coefficient (Wildman–Crippen LogP) is 6.15. The fourth-order valence-corrected chi connectivity index (χ4v) is 4.05. The molecule has 3 aromatic carbocycles. The number of halogens is 2. The Balaban J connectivity index is 1.44. The molecule has 8 heteroatoms. The van der Waals surface area contributed by atoms with Gasteiger partial charge >= 0.3 is 5.91 Å². The number of hydrazone groups is 1. The molecule has 1 N–H and O–H groups in total. The third-order valence-corrected chi connectivity index (χ3v) is 5.91. The number of fused-ring (bicyclic) bond motifs is 1. The number of rotatable bonds is 7. The summed E-state index contributed by atoms with van der Waals surface area (Å²) in [7, 11) is 1.59. The summed E-state index contributed by atoms with van der Waals surface area (Å²) in [6.07, 6.45) is 1.55. The number of benzene rings is 3. The van der Waals surface area contributed by atoms with Gasteiger partial charge in [-0.3, -0.25) is 4.79 Å². The summed E-state index contributed by atoms with van der Waals surface area (Å²) < 4.78 is 18.9. The second kappa shape index (κ2) is 10.2. The molecular weight excluding hydrogens is 587 g/mol. The maximum Gasteiger partial charge on any atom is 0.307 e. The van der Waals surface area contributed by atoms with Crippen LogP contribution in [0.1, 0.15) is 21.7 Å². The molecule has 0 aliphatic heterocycles. The second-order valence-electron chi connectivity index (χ2n) is 6.80. The molecule has 0 aliphatic rings. The van der Waals surface area contributed by atoms with Crippen LogP contribution >= 0.6 is 38.5 Å². The number of amides is 1. The summed E-state index contributed by atoms with van der Waals surface area (Å²) in [4.78, 5) is 12.3. The van der Waals surface area contributed by atoms with Crippen molar-refractivity contribution in [2.75, 3.05) is 7.11 Å². The first-order valence-electron chi connectivity index (χ1n) is 9.60. The predicted molar refractivity (Wildman–Crippen MR) is 135 cm³/mol. The lowest BCUT2D eigenvalue weighted by molar-refractivity contribution is 0.0929. The average Bonchev–Trinajstić information content (AvgIpc) is 3.23. The number of methoxy groups -OCH3 is 1. The molecule has 0 radical (unpaired) electrons. The zero-order chi connectivity index (χ0) is 22.5. The van der Waals surface area contributed by atoms with E-state index < -0.39 is 5.91 Å².